The van der Waals surface area contributed by atoms with Gasteiger partial charge >= 0.3 is 12.0 Å². The molecule has 6 heterocycles. The Morgan fingerprint density at radius 3 is 0.966 bits per heavy atom. The predicted molar refractivity (Wildman–Crippen MR) is 446 cm³/mol. The third kappa shape index (κ3) is 23.0. The molecule has 31 nitrogen and oxygen atoms in total. The van der Waals surface area contributed by atoms with Crippen molar-refractivity contribution < 1.29 is 51.9 Å². The van der Waals surface area contributed by atoms with E-state index in [1.807, 2.05) is 48.5 Å². The zero-order chi connectivity index (χ0) is 83.0. The van der Waals surface area contributed by atoms with E-state index >= 15 is 0 Å². The predicted octanol–water partition coefficient (Wildman–Crippen LogP) is 10.4. The summed E-state index contributed by atoms with van der Waals surface area (Å²) in [6.45, 7) is 1.46. The highest BCUT2D eigenvalue weighted by Gasteiger charge is 2.34. The fourth-order valence-electron chi connectivity index (χ4n) is 16.6. The molecule has 11 N–H and O–H groups in total. The van der Waals surface area contributed by atoms with Crippen LogP contribution in [0, 0.1) is 11.8 Å². The molecule has 119 heavy (non-hydrogen) atoms. The van der Waals surface area contributed by atoms with E-state index in [0.29, 0.717) is 12.8 Å². The maximum atomic E-state index is 12.8. The number of benzene rings is 4. The molecule has 1 saturated heterocycles. The van der Waals surface area contributed by atoms with Gasteiger partial charge in [-0.25, -0.2) is 67.8 Å². The number of hydrogen-bond donors (Lipinski definition) is 10. The molecule has 0 radical (unpaired) electrons. The molecule has 4 fully saturated rings. The van der Waals surface area contributed by atoms with Crippen LogP contribution >= 0.6 is 0 Å². The minimum absolute atomic E-state index is 0.000925. The van der Waals surface area contributed by atoms with E-state index in [1.54, 1.807) is 4.90 Å². The molecule has 1 aliphatic heterocycles. The van der Waals surface area contributed by atoms with Crippen LogP contribution in [0.4, 0.5) is 33.9 Å². The summed E-state index contributed by atoms with van der Waals surface area (Å²) in [7, 11) is -3.60. The van der Waals surface area contributed by atoms with Crippen LogP contribution in [0.25, 0.3) is 0 Å². The fourth-order valence-corrected chi connectivity index (χ4v) is 18.1. The lowest BCUT2D eigenvalue weighted by Gasteiger charge is -2.26. The van der Waals surface area contributed by atoms with Gasteiger partial charge in [-0.15, -0.1) is 0 Å². The molecule has 17 rings (SSSR count). The second-order valence-electron chi connectivity index (χ2n) is 31.0. The summed E-state index contributed by atoms with van der Waals surface area (Å²) >= 11 is 0. The Hall–Kier alpha value is -12.6. The molecule has 32 heteroatoms. The number of carboxylic acid groups (broad SMARTS) is 1. The summed E-state index contributed by atoms with van der Waals surface area (Å²) in [6, 6.07) is 32.7. The van der Waals surface area contributed by atoms with E-state index in [2.05, 4.69) is 140 Å². The monoisotopic (exact) mass is 1630 g/mol. The minimum atomic E-state index is -3.60. The normalized spacial score (nSPS) is 16.6. The summed E-state index contributed by atoms with van der Waals surface area (Å²) in [5.74, 6) is -2.06. The summed E-state index contributed by atoms with van der Waals surface area (Å²) in [5.41, 5.74) is 16.1. The Bertz CT molecular complexity index is 4970. The van der Waals surface area contributed by atoms with E-state index in [4.69, 9.17) is 10.8 Å². The van der Waals surface area contributed by atoms with Crippen LogP contribution in [0.1, 0.15) is 213 Å². The number of rotatable bonds is 17. The number of fused-ring (bicyclic) bond motifs is 4. The summed E-state index contributed by atoms with van der Waals surface area (Å²) in [4.78, 5) is 140. The number of carboxylic acids is 1. The largest absolute Gasteiger partial charge is 0.476 e. The van der Waals surface area contributed by atoms with Crippen LogP contribution in [-0.2, 0) is 71.0 Å². The Morgan fingerprint density at radius 1 is 0.336 bits per heavy atom. The lowest BCUT2D eigenvalue weighted by molar-refractivity contribution is -0.121. The number of aromatic nitrogens is 10. The van der Waals surface area contributed by atoms with Crippen molar-refractivity contribution in [2.24, 2.45) is 11.8 Å². The quantitative estimate of drug-likeness (QED) is 0.0405. The van der Waals surface area contributed by atoms with Crippen molar-refractivity contribution in [2.45, 2.75) is 196 Å². The van der Waals surface area contributed by atoms with Gasteiger partial charge < -0.3 is 47.6 Å². The molecule has 0 spiro atoms. The van der Waals surface area contributed by atoms with Crippen LogP contribution in [0.5, 0.6) is 0 Å². The minimum Gasteiger partial charge on any atom is -0.476 e. The lowest BCUT2D eigenvalue weighted by Crippen LogP contribution is -2.40. The van der Waals surface area contributed by atoms with Gasteiger partial charge in [0.1, 0.15) is 0 Å². The molecule has 8 amide bonds. The van der Waals surface area contributed by atoms with Gasteiger partial charge in [-0.1, -0.05) is 155 Å². The number of nitrogens with two attached hydrogens (primary N) is 1. The van der Waals surface area contributed by atoms with Gasteiger partial charge in [0.05, 0.1) is 5.25 Å². The number of amides is 8. The highest BCUT2D eigenvalue weighted by atomic mass is 32.2. The molecule has 0 bridgehead atoms. The van der Waals surface area contributed by atoms with E-state index in [9.17, 15) is 46.8 Å². The number of likely N-dealkylation sites (tertiary alicyclic amines) is 1. The third-order valence-electron chi connectivity index (χ3n) is 22.7. The summed E-state index contributed by atoms with van der Waals surface area (Å²) < 4.78 is 27.9. The van der Waals surface area contributed by atoms with Crippen molar-refractivity contribution in [3.8, 4) is 0 Å². The molecule has 8 aliphatic rings. The van der Waals surface area contributed by atoms with Crippen molar-refractivity contribution in [3.05, 3.63) is 232 Å². The van der Waals surface area contributed by atoms with E-state index < -0.39 is 27.1 Å². The van der Waals surface area contributed by atoms with E-state index in [-0.39, 0.29) is 129 Å². The van der Waals surface area contributed by atoms with Crippen molar-refractivity contribution >= 4 is 86.6 Å². The van der Waals surface area contributed by atoms with Gasteiger partial charge in [0.15, 0.2) is 57.6 Å². The number of carbonyl (C=O) groups excluding carboxylic acids is 7. The van der Waals surface area contributed by atoms with Crippen molar-refractivity contribution in [1.82, 2.24) is 76.0 Å². The molecule has 7 aliphatic carbocycles. The van der Waals surface area contributed by atoms with Crippen molar-refractivity contribution in [3.63, 3.8) is 0 Å². The van der Waals surface area contributed by atoms with Gasteiger partial charge in [0.2, 0.25) is 21.8 Å². The van der Waals surface area contributed by atoms with Gasteiger partial charge in [0, 0.05) is 111 Å². The first-order chi connectivity index (χ1) is 57.9. The molecule has 620 valence electrons. The Morgan fingerprint density at radius 2 is 0.613 bits per heavy atom. The van der Waals surface area contributed by atoms with Crippen LogP contribution in [0.15, 0.2) is 159 Å². The highest BCUT2D eigenvalue weighted by molar-refractivity contribution is 7.93. The van der Waals surface area contributed by atoms with Gasteiger partial charge in [-0.2, -0.15) is 0 Å². The highest BCUT2D eigenvalue weighted by Crippen LogP contribution is 2.31. The van der Waals surface area contributed by atoms with Crippen molar-refractivity contribution in [2.75, 3.05) is 39.5 Å². The third-order valence-corrected chi connectivity index (χ3v) is 24.5. The molecule has 3 saturated carbocycles. The number of urea groups is 1. The topological polar surface area (TPSA) is 445 Å². The van der Waals surface area contributed by atoms with Crippen LogP contribution in [0.2, 0.25) is 0 Å². The standard InChI is InChI=1S/C21H24N4O2.C20H23N5O2.C20H24N4O3S.C14H14N4O.C12H15N3O3/c26-20(14-6-2-1-3-7-14)25-19-18(22-10-11-23-19)21(27)24-17-12-15-8-4-5-9-16(15)13-17;26-19(23-16-12-14-6-2-3-7-15(14)13-16)17-18(22-9-8-21-17)24-20(27)25-10-4-1-5-11-25;25-20(23-16-12-14-6-4-5-7-15(14)13-16)18-19(22-11-10-21-18)24-28(26,27)17-8-2-1-3-9-17;15-13-12(16-5-6-17-13)14(19)18-11-7-9-3-1-2-4-10(9)8-11;16-11(8-4-2-1-3-5-8)15-10-9(12(17)18)13-6-7-14-10/h4-5,8-11,14,17H,1-3,6-7,12-13H2,(H,24,27)(H,23,25,26);2-3,6-9,16H,1,4-5,10-13H2,(H,23,26)(H,22,24,27);4-7,10-11,16-17H,1-3,8-9,12-13H2,(H,22,24)(H,23,25);1-6,11H,7-8H2,(H2,15,17)(H,18,19);6-8H,1-5H2,(H,17,18)(H,14,15,16). The smallest absolute Gasteiger partial charge is 0.358 e. The van der Waals surface area contributed by atoms with Crippen LogP contribution in [0.3, 0.4) is 0 Å². The Kier molecular flexibility index (Phi) is 29.0. The number of carbonyl (C=O) groups is 8. The second kappa shape index (κ2) is 41.0. The molecule has 0 unspecified atom stereocenters. The first-order valence-corrected chi connectivity index (χ1v) is 42.6. The lowest BCUT2D eigenvalue weighted by atomic mass is 9.89. The Balaban J connectivity index is 0.000000130. The molecule has 4 aromatic carbocycles. The van der Waals surface area contributed by atoms with Crippen LogP contribution < -0.4 is 47.7 Å². The Labute approximate surface area is 690 Å². The number of anilines is 5. The molecule has 5 aromatic heterocycles. The fraction of sp³-hybridized carbons (Fsp3) is 0.402. The second-order valence-corrected chi connectivity index (χ2v) is 33.0. The van der Waals surface area contributed by atoms with E-state index in [1.165, 1.54) is 113 Å². The van der Waals surface area contributed by atoms with Gasteiger partial charge in [-0.3, -0.25) is 38.8 Å². The number of aromatic carboxylic acids is 1. The SMILES string of the molecule is Nc1nccnc1C(=O)NC1Cc2ccccc2C1.O=C(NC1Cc2ccccc2C1)c1nccnc1NC(=O)C1CCCCC1.O=C(NC1Cc2ccccc2C1)c1nccnc1NC(=O)N1CCCCC1.O=C(NC1Cc2ccccc2C1)c1nccnc1NS(=O)(=O)C1CCCCC1.O=C(O)c1nccnc1NC(=O)C1CCCCC1. The zero-order valence-electron chi connectivity index (χ0n) is 66.3. The van der Waals surface area contributed by atoms with Gasteiger partial charge in [-0.05, 0) is 154 Å². The van der Waals surface area contributed by atoms with Gasteiger partial charge in [0.25, 0.3) is 23.6 Å². The number of sulfonamides is 1. The molecule has 9 aromatic rings. The molecule has 0 atom stereocenters. The number of nitrogen functional groups attached to an aromatic ring is 1. The zero-order valence-corrected chi connectivity index (χ0v) is 67.1. The number of nitrogens with one attached hydrogen (secondary N) is 8. The number of piperidine rings is 1. The number of hydrogen-bond acceptors (Lipinski definition) is 21. The average molecular weight is 1630 g/mol. The maximum Gasteiger partial charge on any atom is 0.358 e. The molecular formula is C87H100N20O11S. The van der Waals surface area contributed by atoms with Crippen LogP contribution in [-0.4, -0.2) is 158 Å². The average Bonchev–Trinajstić information content (AvgIpc) is 1.76. The molecular weight excluding hydrogens is 1530 g/mol. The first kappa shape index (κ1) is 84.3. The van der Waals surface area contributed by atoms with Crippen molar-refractivity contribution in [1.29, 1.82) is 0 Å². The first-order valence-electron chi connectivity index (χ1n) is 41.1. The van der Waals surface area contributed by atoms with E-state index in [0.717, 1.165) is 161 Å². The number of nitrogens with zero attached hydrogens (tertiary/aromatic N) is 11. The maximum absolute atomic E-state index is 12.8. The summed E-state index contributed by atoms with van der Waals surface area (Å²) in [5, 5.41) is 28.7. The summed E-state index contributed by atoms with van der Waals surface area (Å²) in [6.07, 6.45) is 38.1.